The van der Waals surface area contributed by atoms with E-state index in [1.54, 1.807) is 0 Å². The monoisotopic (exact) mass is 569 g/mol. The molecule has 0 spiro atoms. The fraction of sp³-hybridized carbons (Fsp3) is 0.514. The van der Waals surface area contributed by atoms with Crippen molar-refractivity contribution in [2.45, 2.75) is 52.0 Å². The molecule has 1 aliphatic heterocycles. The van der Waals surface area contributed by atoms with Gasteiger partial charge in [-0.3, -0.25) is 9.69 Å². The Bertz CT molecular complexity index is 1320. The van der Waals surface area contributed by atoms with Gasteiger partial charge in [0.2, 0.25) is 0 Å². The van der Waals surface area contributed by atoms with E-state index in [4.69, 9.17) is 4.74 Å². The van der Waals surface area contributed by atoms with Crippen molar-refractivity contribution in [2.24, 2.45) is 23.2 Å². The lowest BCUT2D eigenvalue weighted by molar-refractivity contribution is -0.0503. The van der Waals surface area contributed by atoms with E-state index >= 15 is 0 Å². The quantitative estimate of drug-likeness (QED) is 0.299. The molecule has 3 aromatic rings. The van der Waals surface area contributed by atoms with Gasteiger partial charge in [-0.25, -0.2) is 0 Å². The predicted molar refractivity (Wildman–Crippen MR) is 168 cm³/mol. The Morgan fingerprint density at radius 3 is 2.32 bits per heavy atom. The molecule has 2 aromatic carbocycles. The first-order valence-corrected chi connectivity index (χ1v) is 16.6. The van der Waals surface area contributed by atoms with Crippen LogP contribution in [0.4, 0.5) is 5.69 Å². The highest BCUT2D eigenvalue weighted by Gasteiger charge is 2.50. The summed E-state index contributed by atoms with van der Waals surface area (Å²) in [7, 11) is 0. The fourth-order valence-electron chi connectivity index (χ4n) is 8.63. The summed E-state index contributed by atoms with van der Waals surface area (Å²) in [6.45, 7) is 8.66. The third-order valence-corrected chi connectivity index (χ3v) is 11.1. The van der Waals surface area contributed by atoms with E-state index < -0.39 is 0 Å². The van der Waals surface area contributed by atoms with Crippen LogP contribution in [0.15, 0.2) is 60.0 Å². The number of hydrogen-bond acceptors (Lipinski definition) is 5. The van der Waals surface area contributed by atoms with Crippen LogP contribution in [0.25, 0.3) is 11.1 Å². The van der Waals surface area contributed by atoms with Gasteiger partial charge in [0.1, 0.15) is 5.75 Å². The third kappa shape index (κ3) is 5.91. The largest absolute Gasteiger partial charge is 0.494 e. The van der Waals surface area contributed by atoms with Gasteiger partial charge in [0.05, 0.1) is 6.61 Å². The highest BCUT2D eigenvalue weighted by Crippen LogP contribution is 2.59. The first kappa shape index (κ1) is 27.0. The van der Waals surface area contributed by atoms with E-state index in [2.05, 4.69) is 56.9 Å². The van der Waals surface area contributed by atoms with Crippen molar-refractivity contribution in [1.29, 1.82) is 0 Å². The van der Waals surface area contributed by atoms with Crippen LogP contribution in [-0.4, -0.2) is 50.1 Å². The van der Waals surface area contributed by atoms with Gasteiger partial charge >= 0.3 is 0 Å². The Morgan fingerprint density at radius 2 is 1.63 bits per heavy atom. The molecular weight excluding hydrogens is 526 g/mol. The number of amides is 1. The summed E-state index contributed by atoms with van der Waals surface area (Å²) in [4.78, 5) is 19.4. The van der Waals surface area contributed by atoms with Gasteiger partial charge in [0.15, 0.2) is 0 Å². The molecule has 8 rings (SSSR count). The molecule has 1 saturated heterocycles. The number of benzene rings is 2. The van der Waals surface area contributed by atoms with Gasteiger partial charge in [-0.1, -0.05) is 12.1 Å². The van der Waals surface area contributed by atoms with Crippen LogP contribution < -0.4 is 15.0 Å². The molecule has 1 aromatic heterocycles. The maximum Gasteiger partial charge on any atom is 0.251 e. The Labute approximate surface area is 248 Å². The number of hydrogen-bond donors (Lipinski definition) is 1. The lowest BCUT2D eigenvalue weighted by Gasteiger charge is -2.56. The number of ether oxygens (including phenoxy) is 1. The van der Waals surface area contributed by atoms with Crippen LogP contribution in [0.5, 0.6) is 5.75 Å². The molecular formula is C35H43N3O2S. The molecule has 0 radical (unpaired) electrons. The van der Waals surface area contributed by atoms with Gasteiger partial charge in [0, 0.05) is 55.4 Å². The van der Waals surface area contributed by atoms with Crippen LogP contribution in [0, 0.1) is 23.2 Å². The number of nitrogens with one attached hydrogen (secondary N) is 1. The van der Waals surface area contributed by atoms with Crippen molar-refractivity contribution in [3.63, 3.8) is 0 Å². The fourth-order valence-corrected chi connectivity index (χ4v) is 9.57. The van der Waals surface area contributed by atoms with E-state index in [0.29, 0.717) is 12.0 Å². The second kappa shape index (κ2) is 11.4. The summed E-state index contributed by atoms with van der Waals surface area (Å²) in [5, 5.41) is 5.60. The lowest BCUT2D eigenvalue weighted by Crippen LogP contribution is -2.51. The topological polar surface area (TPSA) is 44.8 Å². The Hall–Kier alpha value is -2.83. The molecule has 1 N–H and O–H groups in total. The number of piperazine rings is 1. The summed E-state index contributed by atoms with van der Waals surface area (Å²) >= 11 is 1.84. The average Bonchev–Trinajstić information content (AvgIpc) is 3.45. The summed E-state index contributed by atoms with van der Waals surface area (Å²) < 4.78 is 5.68. The summed E-state index contributed by atoms with van der Waals surface area (Å²) in [6.07, 6.45) is 8.34. The number of carbonyl (C=O) groups is 1. The summed E-state index contributed by atoms with van der Waals surface area (Å²) in [5.41, 5.74) is 4.87. The van der Waals surface area contributed by atoms with Gasteiger partial charge in [-0.05, 0) is 128 Å². The zero-order valence-corrected chi connectivity index (χ0v) is 25.1. The van der Waals surface area contributed by atoms with Crippen LogP contribution in [-0.2, 0) is 6.54 Å². The van der Waals surface area contributed by atoms with Crippen LogP contribution in [0.3, 0.4) is 0 Å². The third-order valence-electron chi connectivity index (χ3n) is 10.2. The Balaban J connectivity index is 0.892. The summed E-state index contributed by atoms with van der Waals surface area (Å²) in [6, 6.07) is 19.0. The van der Waals surface area contributed by atoms with Crippen LogP contribution in [0.1, 0.15) is 60.7 Å². The van der Waals surface area contributed by atoms with Crippen LogP contribution in [0.2, 0.25) is 0 Å². The second-order valence-corrected chi connectivity index (χ2v) is 14.2. The molecule has 6 heteroatoms. The molecule has 1 amide bonds. The van der Waals surface area contributed by atoms with Crippen molar-refractivity contribution in [3.05, 3.63) is 70.4 Å². The maximum absolute atomic E-state index is 13.0. The molecule has 5 fully saturated rings. The Morgan fingerprint density at radius 1 is 0.927 bits per heavy atom. The highest BCUT2D eigenvalue weighted by atomic mass is 32.1. The number of anilines is 1. The SMILES string of the molecule is CCOc1cccc(-c2csc(CN3CCN(c4ccc(C(=O)NCC56CC7CC(CC(C7)C5)C6)cc4)CC3)c2)c1. The van der Waals surface area contributed by atoms with E-state index in [9.17, 15) is 4.79 Å². The van der Waals surface area contributed by atoms with Crippen molar-refractivity contribution in [3.8, 4) is 16.9 Å². The summed E-state index contributed by atoms with van der Waals surface area (Å²) in [5.74, 6) is 3.79. The molecule has 5 aliphatic rings. The molecule has 5 nitrogen and oxygen atoms in total. The number of carbonyl (C=O) groups excluding carboxylic acids is 1. The number of rotatable bonds is 9. The minimum atomic E-state index is 0.0945. The van der Waals surface area contributed by atoms with E-state index in [-0.39, 0.29) is 5.91 Å². The predicted octanol–water partition coefficient (Wildman–Crippen LogP) is 7.08. The van der Waals surface area contributed by atoms with Crippen molar-refractivity contribution >= 4 is 22.9 Å². The molecule has 41 heavy (non-hydrogen) atoms. The first-order chi connectivity index (χ1) is 20.0. The normalized spacial score (nSPS) is 27.2. The Kier molecular flexibility index (Phi) is 7.55. The molecule has 0 unspecified atom stereocenters. The zero-order valence-electron chi connectivity index (χ0n) is 24.3. The van der Waals surface area contributed by atoms with E-state index in [1.807, 2.05) is 36.5 Å². The molecule has 4 bridgehead atoms. The smallest absolute Gasteiger partial charge is 0.251 e. The lowest BCUT2D eigenvalue weighted by atomic mass is 9.49. The standard InChI is InChI=1S/C35H43N3O2S/c1-2-40-32-5-3-4-29(17-32)30-18-33(41-23-30)22-37-10-12-38(13-11-37)31-8-6-28(7-9-31)34(39)36-24-35-19-25-14-26(20-35)16-27(15-25)21-35/h3-9,17-18,23,25-27H,2,10-16,19-22,24H2,1H3,(H,36,39). The molecule has 4 saturated carbocycles. The molecule has 0 atom stereocenters. The second-order valence-electron chi connectivity index (χ2n) is 13.2. The van der Waals surface area contributed by atoms with E-state index in [0.717, 1.165) is 68.3 Å². The van der Waals surface area contributed by atoms with Crippen LogP contribution >= 0.6 is 11.3 Å². The number of thiophene rings is 1. The molecule has 2 heterocycles. The number of nitrogens with zero attached hydrogens (tertiary/aromatic N) is 2. The molecule has 4 aliphatic carbocycles. The maximum atomic E-state index is 13.0. The molecule has 216 valence electrons. The minimum Gasteiger partial charge on any atom is -0.494 e. The first-order valence-electron chi connectivity index (χ1n) is 15.7. The zero-order chi connectivity index (χ0) is 27.8. The van der Waals surface area contributed by atoms with Crippen molar-refractivity contribution in [1.82, 2.24) is 10.2 Å². The van der Waals surface area contributed by atoms with E-state index in [1.165, 1.54) is 60.2 Å². The minimum absolute atomic E-state index is 0.0945. The van der Waals surface area contributed by atoms with Gasteiger partial charge in [-0.15, -0.1) is 11.3 Å². The van der Waals surface area contributed by atoms with Gasteiger partial charge in [0.25, 0.3) is 5.91 Å². The van der Waals surface area contributed by atoms with Crippen molar-refractivity contribution < 1.29 is 9.53 Å². The van der Waals surface area contributed by atoms with Crippen molar-refractivity contribution in [2.75, 3.05) is 44.2 Å². The average molecular weight is 570 g/mol. The highest BCUT2D eigenvalue weighted by molar-refractivity contribution is 7.10. The van der Waals surface area contributed by atoms with Gasteiger partial charge in [-0.2, -0.15) is 0 Å². The van der Waals surface area contributed by atoms with Gasteiger partial charge < -0.3 is 15.0 Å².